The van der Waals surface area contributed by atoms with Crippen LogP contribution in [-0.2, 0) is 35.2 Å². The number of aromatic hydroxyl groups is 1. The summed E-state index contributed by atoms with van der Waals surface area (Å²) >= 11 is 2.31. The Morgan fingerprint density at radius 1 is 0.729 bits per heavy atom. The van der Waals surface area contributed by atoms with Gasteiger partial charge in [-0.1, -0.05) is 43.3 Å². The van der Waals surface area contributed by atoms with E-state index in [2.05, 4.69) is 28.7 Å². The number of hydrogen-bond donors (Lipinski definition) is 2. The molecule has 4 aromatic carbocycles. The Kier molecular flexibility index (Phi) is 14.4. The van der Waals surface area contributed by atoms with Crippen LogP contribution in [0, 0.1) is 6.07 Å². The van der Waals surface area contributed by atoms with Crippen LogP contribution in [0.5, 0.6) is 17.2 Å². The molecule has 0 fully saturated rings. The van der Waals surface area contributed by atoms with Crippen LogP contribution in [0.3, 0.4) is 0 Å². The monoisotopic (exact) mass is 722 g/mol. The van der Waals surface area contributed by atoms with Crippen molar-refractivity contribution in [3.05, 3.63) is 125 Å². The Morgan fingerprint density at radius 3 is 1.56 bits per heavy atom. The van der Waals surface area contributed by atoms with E-state index < -0.39 is 28.9 Å². The number of aliphatic hydroxyl groups is 1. The van der Waals surface area contributed by atoms with E-state index in [1.807, 2.05) is 24.3 Å². The number of alkyl halides is 6. The van der Waals surface area contributed by atoms with Gasteiger partial charge in [0.1, 0.15) is 17.2 Å². The number of carbonyl (C=O) groups is 1. The number of esters is 1. The Morgan fingerprint density at radius 2 is 1.15 bits per heavy atom. The first-order chi connectivity index (χ1) is 22.6. The topological polar surface area (TPSA) is 93.1 Å². The molecule has 0 aliphatic carbocycles. The number of phenolic OH excluding ortho intramolecular Hbond substituents is 1. The van der Waals surface area contributed by atoms with E-state index in [4.69, 9.17) is 13.3 Å². The molecular weight excluding hydrogens is 689 g/mol. The first kappa shape index (κ1) is 40.0. The number of benzene rings is 4. The average molecular weight is 723 g/mol. The van der Waals surface area contributed by atoms with Crippen molar-refractivity contribution in [2.75, 3.05) is 13.7 Å². The molecule has 0 saturated heterocycles. The maximum absolute atomic E-state index is 13.7. The second-order valence-electron chi connectivity index (χ2n) is 10.6. The minimum absolute atomic E-state index is 0.124. The number of halogens is 6. The zero-order valence-electron chi connectivity index (χ0n) is 26.0. The molecule has 6 nitrogen and oxygen atoms in total. The third-order valence-electron chi connectivity index (χ3n) is 7.62. The number of ether oxygens (including phenoxy) is 2. The summed E-state index contributed by atoms with van der Waals surface area (Å²) in [4.78, 5) is 11.0. The molecule has 2 N–H and O–H groups in total. The molecular formula is C35H33CoF6O6-. The second kappa shape index (κ2) is 17.3. The van der Waals surface area contributed by atoms with Gasteiger partial charge in [-0.2, -0.15) is 56.7 Å². The molecule has 1 unspecified atom stereocenters. The second-order valence-corrected chi connectivity index (χ2v) is 10.6. The molecule has 0 saturated carbocycles. The molecule has 4 rings (SSSR count). The maximum atomic E-state index is 13.7. The van der Waals surface area contributed by atoms with Gasteiger partial charge in [0.25, 0.3) is 0 Å². The van der Waals surface area contributed by atoms with Crippen molar-refractivity contribution >= 4 is 5.97 Å². The van der Waals surface area contributed by atoms with E-state index in [-0.39, 0.29) is 29.5 Å². The predicted molar refractivity (Wildman–Crippen MR) is 160 cm³/mol. The van der Waals surface area contributed by atoms with Crippen LogP contribution >= 0.6 is 0 Å². The van der Waals surface area contributed by atoms with E-state index in [1.165, 1.54) is 14.0 Å². The van der Waals surface area contributed by atoms with Gasteiger partial charge < -0.3 is 19.7 Å². The number of carbonyl (C=O) groups excluding carboxylic acids is 1. The van der Waals surface area contributed by atoms with Crippen molar-refractivity contribution in [3.63, 3.8) is 0 Å². The Hall–Kier alpha value is -4.20. The standard InChI is InChI=1S/C19H22O4.C16H11F6O.Co.O/c1-14(21)23-18-10-6-16(7-11-18)19(2,12-3-13-20)15-4-8-17(22)9-5-15;1-23-13-9-7-12(8-10-13)14(15(17,18)19,16(20,21)22)11-5-3-2-4-6-11;;/h4-11,20,22H,3,12-13H2,1-2H3;3-10H,1H3;;/q;-1;;. The summed E-state index contributed by atoms with van der Waals surface area (Å²) in [7, 11) is 1.27. The van der Waals surface area contributed by atoms with Crippen LogP contribution in [0.4, 0.5) is 26.3 Å². The van der Waals surface area contributed by atoms with Crippen LogP contribution in [0.1, 0.15) is 48.9 Å². The fraction of sp³-hybridized carbons (Fsp3) is 0.286. The van der Waals surface area contributed by atoms with Gasteiger partial charge in [0.15, 0.2) is 5.41 Å². The zero-order chi connectivity index (χ0) is 36.2. The molecule has 0 aliphatic rings. The van der Waals surface area contributed by atoms with E-state index >= 15 is 0 Å². The third-order valence-corrected chi connectivity index (χ3v) is 7.62. The number of hydrogen-bond acceptors (Lipinski definition) is 6. The molecule has 0 aromatic heterocycles. The summed E-state index contributed by atoms with van der Waals surface area (Å²) in [6.07, 6.45) is -9.73. The molecule has 0 spiro atoms. The van der Waals surface area contributed by atoms with Crippen molar-refractivity contribution in [2.24, 2.45) is 0 Å². The van der Waals surface area contributed by atoms with Crippen molar-refractivity contribution in [1.82, 2.24) is 0 Å². The summed E-state index contributed by atoms with van der Waals surface area (Å²) < 4.78 is 99.8. The number of methoxy groups -OCH3 is 1. The summed E-state index contributed by atoms with van der Waals surface area (Å²) in [5, 5.41) is 18.7. The van der Waals surface area contributed by atoms with Crippen LogP contribution in [0.2, 0.25) is 0 Å². The van der Waals surface area contributed by atoms with Crippen molar-refractivity contribution in [1.29, 1.82) is 0 Å². The molecule has 0 heterocycles. The molecule has 1 atom stereocenters. The van der Waals surface area contributed by atoms with Crippen LogP contribution in [0.15, 0.2) is 97.1 Å². The Balaban J connectivity index is 0.000000317. The zero-order valence-corrected chi connectivity index (χ0v) is 27.0. The van der Waals surface area contributed by atoms with Gasteiger partial charge in [0, 0.05) is 18.9 Å². The van der Waals surface area contributed by atoms with E-state index in [0.717, 1.165) is 66.1 Å². The van der Waals surface area contributed by atoms with E-state index in [9.17, 15) is 41.4 Å². The molecule has 261 valence electrons. The van der Waals surface area contributed by atoms with Gasteiger partial charge in [0.05, 0.1) is 7.11 Å². The van der Waals surface area contributed by atoms with Gasteiger partial charge in [-0.25, -0.2) is 0 Å². The van der Waals surface area contributed by atoms with Gasteiger partial charge >= 0.3 is 37.9 Å². The van der Waals surface area contributed by atoms with Crippen molar-refractivity contribution in [2.45, 2.75) is 49.9 Å². The normalized spacial score (nSPS) is 12.7. The average Bonchev–Trinajstić information content (AvgIpc) is 3.05. The molecule has 0 amide bonds. The Bertz CT molecular complexity index is 1550. The quantitative estimate of drug-likeness (QED) is 0.0784. The molecule has 0 radical (unpaired) electrons. The van der Waals surface area contributed by atoms with Crippen LogP contribution in [-0.4, -0.2) is 42.3 Å². The van der Waals surface area contributed by atoms with Gasteiger partial charge in [-0.05, 0) is 65.9 Å². The molecule has 48 heavy (non-hydrogen) atoms. The fourth-order valence-corrected chi connectivity index (χ4v) is 5.23. The molecule has 0 aliphatic heterocycles. The van der Waals surface area contributed by atoms with Crippen molar-refractivity contribution in [3.8, 4) is 17.2 Å². The first-order valence-corrected chi connectivity index (χ1v) is 14.6. The predicted octanol–water partition coefficient (Wildman–Crippen LogP) is 8.18. The molecule has 0 bridgehead atoms. The van der Waals surface area contributed by atoms with E-state index in [0.29, 0.717) is 12.2 Å². The number of rotatable bonds is 9. The number of phenols is 1. The Labute approximate surface area is 282 Å². The summed E-state index contributed by atoms with van der Waals surface area (Å²) in [5.74, 6) is 0.549. The number of aliphatic hydroxyl groups excluding tert-OH is 1. The van der Waals surface area contributed by atoms with Gasteiger partial charge in [0.2, 0.25) is 0 Å². The fourth-order valence-electron chi connectivity index (χ4n) is 5.23. The molecule has 4 aromatic rings. The minimum atomic E-state index is -5.58. The third kappa shape index (κ3) is 9.23. The SMILES string of the molecule is CC(=O)Oc1ccc(C(C)(CCCO)c2ccc(O)cc2)cc1.COc1ccc(C(c2cc[c-]cc2)(C(F)(F)F)C(F)(F)F)cc1.[O]=[Co]. The summed E-state index contributed by atoms with van der Waals surface area (Å²) in [5.41, 5.74) is -4.14. The molecule has 13 heteroatoms. The summed E-state index contributed by atoms with van der Waals surface area (Å²) in [6, 6.07) is 24.2. The van der Waals surface area contributed by atoms with Crippen molar-refractivity contribution < 1.29 is 70.4 Å². The van der Waals surface area contributed by atoms with Crippen LogP contribution < -0.4 is 9.47 Å². The van der Waals surface area contributed by atoms with Gasteiger partial charge in [-0.15, -0.1) is 5.56 Å². The van der Waals surface area contributed by atoms with Gasteiger partial charge in [-0.3, -0.25) is 4.79 Å². The summed E-state index contributed by atoms with van der Waals surface area (Å²) in [6.45, 7) is 3.60. The van der Waals surface area contributed by atoms with Crippen LogP contribution in [0.25, 0.3) is 0 Å². The van der Waals surface area contributed by atoms with E-state index in [1.54, 1.807) is 24.3 Å². The first-order valence-electron chi connectivity index (χ1n) is 14.2.